The van der Waals surface area contributed by atoms with Gasteiger partial charge in [-0.2, -0.15) is 0 Å². The van der Waals surface area contributed by atoms with Gasteiger partial charge in [0.1, 0.15) is 11.5 Å². The van der Waals surface area contributed by atoms with Crippen LogP contribution >= 0.6 is 0 Å². The highest BCUT2D eigenvalue weighted by Crippen LogP contribution is 2.32. The minimum Gasteiger partial charge on any atom is -0.497 e. The second-order valence-electron chi connectivity index (χ2n) is 4.38. The standard InChI is InChI=1S/C15H18N2O3/c1-17-13(6-4-10(9-16)15(17)18)12-8-11(19-2)5-7-14(12)20-3/h4-8H,9,16H2,1-3H3. The van der Waals surface area contributed by atoms with E-state index in [1.807, 2.05) is 24.3 Å². The maximum atomic E-state index is 12.2. The summed E-state index contributed by atoms with van der Waals surface area (Å²) in [5.74, 6) is 1.39. The van der Waals surface area contributed by atoms with E-state index in [2.05, 4.69) is 0 Å². The minimum atomic E-state index is -0.102. The summed E-state index contributed by atoms with van der Waals surface area (Å²) in [7, 11) is 4.91. The van der Waals surface area contributed by atoms with Crippen molar-refractivity contribution in [3.05, 3.63) is 46.2 Å². The van der Waals surface area contributed by atoms with Crippen molar-refractivity contribution < 1.29 is 9.47 Å². The zero-order valence-electron chi connectivity index (χ0n) is 11.8. The predicted molar refractivity (Wildman–Crippen MR) is 78.1 cm³/mol. The van der Waals surface area contributed by atoms with E-state index in [9.17, 15) is 4.79 Å². The summed E-state index contributed by atoms with van der Waals surface area (Å²) in [5, 5.41) is 0. The molecule has 0 spiro atoms. The van der Waals surface area contributed by atoms with E-state index in [0.717, 1.165) is 11.3 Å². The van der Waals surface area contributed by atoms with Crippen LogP contribution in [0.15, 0.2) is 35.1 Å². The Kier molecular flexibility index (Phi) is 4.10. The summed E-state index contributed by atoms with van der Waals surface area (Å²) in [6.45, 7) is 0.224. The first-order chi connectivity index (χ1) is 9.62. The Balaban J connectivity index is 2.67. The van der Waals surface area contributed by atoms with Crippen molar-refractivity contribution in [3.63, 3.8) is 0 Å². The molecule has 2 N–H and O–H groups in total. The predicted octanol–water partition coefficient (Wildman–Crippen LogP) is 1.53. The minimum absolute atomic E-state index is 0.102. The van der Waals surface area contributed by atoms with Crippen molar-refractivity contribution in [1.82, 2.24) is 4.57 Å². The van der Waals surface area contributed by atoms with E-state index < -0.39 is 0 Å². The van der Waals surface area contributed by atoms with Crippen LogP contribution < -0.4 is 20.8 Å². The zero-order valence-corrected chi connectivity index (χ0v) is 11.8. The van der Waals surface area contributed by atoms with Crippen LogP contribution in [0.3, 0.4) is 0 Å². The van der Waals surface area contributed by atoms with Crippen molar-refractivity contribution >= 4 is 0 Å². The van der Waals surface area contributed by atoms with Crippen LogP contribution in [0.4, 0.5) is 0 Å². The van der Waals surface area contributed by atoms with Gasteiger partial charge in [-0.3, -0.25) is 4.79 Å². The molecule has 0 radical (unpaired) electrons. The number of hydrogen-bond acceptors (Lipinski definition) is 4. The van der Waals surface area contributed by atoms with Gasteiger partial charge in [0.05, 0.1) is 19.9 Å². The molecule has 0 aliphatic rings. The normalized spacial score (nSPS) is 10.4. The molecule has 1 heterocycles. The Bertz CT molecular complexity index is 677. The molecular formula is C15H18N2O3. The molecule has 106 valence electrons. The monoisotopic (exact) mass is 274 g/mol. The molecule has 1 aromatic heterocycles. The van der Waals surface area contributed by atoms with Crippen LogP contribution in [0, 0.1) is 0 Å². The van der Waals surface area contributed by atoms with Crippen LogP contribution in [0.5, 0.6) is 11.5 Å². The summed E-state index contributed by atoms with van der Waals surface area (Å²) in [6, 6.07) is 9.08. The molecule has 0 amide bonds. The van der Waals surface area contributed by atoms with Gasteiger partial charge in [0.15, 0.2) is 0 Å². The number of methoxy groups -OCH3 is 2. The number of aromatic nitrogens is 1. The molecule has 5 heteroatoms. The Hall–Kier alpha value is -2.27. The molecule has 2 aromatic rings. The van der Waals surface area contributed by atoms with E-state index in [1.165, 1.54) is 0 Å². The summed E-state index contributed by atoms with van der Waals surface area (Å²) in [6.07, 6.45) is 0. The number of rotatable bonds is 4. The van der Waals surface area contributed by atoms with Gasteiger partial charge in [-0.15, -0.1) is 0 Å². The average Bonchev–Trinajstić information content (AvgIpc) is 2.49. The molecule has 0 bridgehead atoms. The van der Waals surface area contributed by atoms with Gasteiger partial charge in [0.2, 0.25) is 0 Å². The number of ether oxygens (including phenoxy) is 2. The maximum absolute atomic E-state index is 12.2. The number of benzene rings is 1. The molecule has 0 atom stereocenters. The van der Waals surface area contributed by atoms with E-state index in [-0.39, 0.29) is 12.1 Å². The molecule has 0 unspecified atom stereocenters. The third-order valence-electron chi connectivity index (χ3n) is 3.29. The first kappa shape index (κ1) is 14.1. The number of nitrogens with two attached hydrogens (primary N) is 1. The van der Waals surface area contributed by atoms with Gasteiger partial charge in [-0.1, -0.05) is 6.07 Å². The lowest BCUT2D eigenvalue weighted by molar-refractivity contribution is 0.404. The van der Waals surface area contributed by atoms with Crippen LogP contribution in [-0.4, -0.2) is 18.8 Å². The summed E-state index contributed by atoms with van der Waals surface area (Å²) >= 11 is 0. The van der Waals surface area contributed by atoms with Crippen LogP contribution in [0.2, 0.25) is 0 Å². The number of hydrogen-bond donors (Lipinski definition) is 1. The quantitative estimate of drug-likeness (QED) is 0.918. The summed E-state index contributed by atoms with van der Waals surface area (Å²) in [4.78, 5) is 12.2. The Morgan fingerprint density at radius 1 is 1.15 bits per heavy atom. The first-order valence-electron chi connectivity index (χ1n) is 6.23. The molecule has 0 aliphatic carbocycles. The molecule has 2 rings (SSSR count). The van der Waals surface area contributed by atoms with Crippen molar-refractivity contribution in [2.75, 3.05) is 14.2 Å². The average molecular weight is 274 g/mol. The van der Waals surface area contributed by atoms with Gasteiger partial charge in [-0.25, -0.2) is 0 Å². The maximum Gasteiger partial charge on any atom is 0.255 e. The molecule has 0 fully saturated rings. The molecule has 20 heavy (non-hydrogen) atoms. The fourth-order valence-corrected chi connectivity index (χ4v) is 2.13. The van der Waals surface area contributed by atoms with Crippen LogP contribution in [-0.2, 0) is 13.6 Å². The topological polar surface area (TPSA) is 66.5 Å². The SMILES string of the molecule is COc1ccc(OC)c(-c2ccc(CN)c(=O)n2C)c1. The van der Waals surface area contributed by atoms with Crippen molar-refractivity contribution in [1.29, 1.82) is 0 Å². The smallest absolute Gasteiger partial charge is 0.255 e. The van der Waals surface area contributed by atoms with Gasteiger partial charge >= 0.3 is 0 Å². The molecule has 0 saturated heterocycles. The van der Waals surface area contributed by atoms with E-state index >= 15 is 0 Å². The second kappa shape index (κ2) is 5.79. The fourth-order valence-electron chi connectivity index (χ4n) is 2.13. The molecule has 0 saturated carbocycles. The third-order valence-corrected chi connectivity index (χ3v) is 3.29. The number of nitrogens with zero attached hydrogens (tertiary/aromatic N) is 1. The summed E-state index contributed by atoms with van der Waals surface area (Å²) in [5.41, 5.74) is 7.59. The second-order valence-corrected chi connectivity index (χ2v) is 4.38. The van der Waals surface area contributed by atoms with Crippen molar-refractivity contribution in [3.8, 4) is 22.8 Å². The van der Waals surface area contributed by atoms with Crippen LogP contribution in [0.1, 0.15) is 5.56 Å². The molecule has 1 aromatic carbocycles. The molecular weight excluding hydrogens is 256 g/mol. The zero-order chi connectivity index (χ0) is 14.7. The highest BCUT2D eigenvalue weighted by molar-refractivity contribution is 5.69. The largest absolute Gasteiger partial charge is 0.497 e. The molecule has 0 aliphatic heterocycles. The van der Waals surface area contributed by atoms with E-state index in [1.54, 1.807) is 31.9 Å². The van der Waals surface area contributed by atoms with Gasteiger partial charge in [-0.05, 0) is 24.3 Å². The number of pyridine rings is 1. The van der Waals surface area contributed by atoms with Gasteiger partial charge in [0, 0.05) is 24.7 Å². The van der Waals surface area contributed by atoms with Gasteiger partial charge < -0.3 is 19.8 Å². The Morgan fingerprint density at radius 3 is 2.50 bits per heavy atom. The fraction of sp³-hybridized carbons (Fsp3) is 0.267. The highest BCUT2D eigenvalue weighted by Gasteiger charge is 2.12. The van der Waals surface area contributed by atoms with E-state index in [0.29, 0.717) is 17.1 Å². The van der Waals surface area contributed by atoms with Crippen LogP contribution in [0.25, 0.3) is 11.3 Å². The lowest BCUT2D eigenvalue weighted by atomic mass is 10.1. The van der Waals surface area contributed by atoms with E-state index in [4.69, 9.17) is 15.2 Å². The lowest BCUT2D eigenvalue weighted by Crippen LogP contribution is -2.24. The third kappa shape index (κ3) is 2.40. The van der Waals surface area contributed by atoms with Crippen molar-refractivity contribution in [2.24, 2.45) is 12.8 Å². The Labute approximate surface area is 117 Å². The first-order valence-corrected chi connectivity index (χ1v) is 6.23. The van der Waals surface area contributed by atoms with Crippen molar-refractivity contribution in [2.45, 2.75) is 6.54 Å². The van der Waals surface area contributed by atoms with Gasteiger partial charge in [0.25, 0.3) is 5.56 Å². The lowest BCUT2D eigenvalue weighted by Gasteiger charge is -2.14. The summed E-state index contributed by atoms with van der Waals surface area (Å²) < 4.78 is 12.2. The highest BCUT2D eigenvalue weighted by atomic mass is 16.5. The molecule has 5 nitrogen and oxygen atoms in total. The Morgan fingerprint density at radius 2 is 1.90 bits per heavy atom.